The molecule has 4 aromatic rings. The Morgan fingerprint density at radius 2 is 1.66 bits per heavy atom. The normalized spacial score (nSPS) is 10.9. The average Bonchev–Trinajstić information content (AvgIpc) is 3.33. The van der Waals surface area contributed by atoms with Gasteiger partial charge in [0.1, 0.15) is 23.2 Å². The number of benzene rings is 2. The Morgan fingerprint density at radius 3 is 2.38 bits per heavy atom. The minimum absolute atomic E-state index is 0.00812. The molecule has 1 N–H and O–H groups in total. The highest BCUT2D eigenvalue weighted by Crippen LogP contribution is 2.30. The van der Waals surface area contributed by atoms with Crippen LogP contribution in [-0.4, -0.2) is 16.1 Å². The number of hydrogen-bond acceptors (Lipinski definition) is 5. The van der Waals surface area contributed by atoms with Gasteiger partial charge in [0.15, 0.2) is 5.76 Å². The molecule has 146 valence electrons. The second-order valence-electron chi connectivity index (χ2n) is 6.07. The van der Waals surface area contributed by atoms with E-state index in [1.54, 1.807) is 19.1 Å². The van der Waals surface area contributed by atoms with Crippen LogP contribution in [0.25, 0.3) is 23.1 Å². The van der Waals surface area contributed by atoms with Crippen LogP contribution in [-0.2, 0) is 0 Å². The van der Waals surface area contributed by atoms with Crippen LogP contribution in [0.1, 0.15) is 16.1 Å². The van der Waals surface area contributed by atoms with Gasteiger partial charge in [-0.05, 0) is 37.3 Å². The Bertz CT molecular complexity index is 1220. The zero-order valence-electron chi connectivity index (χ0n) is 14.9. The van der Waals surface area contributed by atoms with Crippen LogP contribution in [0.15, 0.2) is 57.4 Å². The van der Waals surface area contributed by atoms with Gasteiger partial charge in [0, 0.05) is 6.07 Å². The first kappa shape index (κ1) is 18.5. The van der Waals surface area contributed by atoms with Gasteiger partial charge in [-0.15, -0.1) is 10.2 Å². The number of carbonyl (C=O) groups excluding carboxylic acids is 1. The van der Waals surface area contributed by atoms with E-state index in [9.17, 15) is 18.0 Å². The van der Waals surface area contributed by atoms with Crippen LogP contribution in [0, 0.1) is 24.4 Å². The quantitative estimate of drug-likeness (QED) is 0.524. The van der Waals surface area contributed by atoms with Crippen LogP contribution < -0.4 is 5.32 Å². The van der Waals surface area contributed by atoms with E-state index < -0.39 is 23.4 Å². The highest BCUT2D eigenvalue weighted by molar-refractivity contribution is 6.04. The van der Waals surface area contributed by atoms with E-state index in [0.717, 1.165) is 12.1 Å². The third-order valence-corrected chi connectivity index (χ3v) is 4.03. The van der Waals surface area contributed by atoms with Crippen LogP contribution in [0.2, 0.25) is 0 Å². The van der Waals surface area contributed by atoms with E-state index in [4.69, 9.17) is 8.83 Å². The van der Waals surface area contributed by atoms with Gasteiger partial charge in [0.05, 0.1) is 16.8 Å². The summed E-state index contributed by atoms with van der Waals surface area (Å²) < 4.78 is 53.0. The average molecular weight is 399 g/mol. The number of anilines is 1. The first-order chi connectivity index (χ1) is 13.9. The molecular weight excluding hydrogens is 387 g/mol. The molecule has 0 atom stereocenters. The molecule has 2 heterocycles. The van der Waals surface area contributed by atoms with Gasteiger partial charge >= 0.3 is 0 Å². The molecule has 0 bridgehead atoms. The molecule has 0 unspecified atom stereocenters. The number of hydrogen-bond donors (Lipinski definition) is 1. The second-order valence-corrected chi connectivity index (χ2v) is 6.07. The molecule has 0 fully saturated rings. The number of aromatic nitrogens is 2. The monoisotopic (exact) mass is 399 g/mol. The van der Waals surface area contributed by atoms with E-state index in [2.05, 4.69) is 15.5 Å². The standard InChI is InChI=1S/C20H12F3N3O3/c1-10-6-7-17(28-10)20-26-25-19(29-20)12-8-16(15(23)9-14(12)22)24-18(27)11-4-2-3-5-13(11)21/h2-9H,1H3,(H,24,27). The molecule has 9 heteroatoms. The Balaban J connectivity index is 1.67. The maximum Gasteiger partial charge on any atom is 0.283 e. The molecular formula is C20H12F3N3O3. The molecule has 0 saturated heterocycles. The number of rotatable bonds is 4. The summed E-state index contributed by atoms with van der Waals surface area (Å²) in [7, 11) is 0. The van der Waals surface area contributed by atoms with Crippen molar-refractivity contribution in [3.05, 3.63) is 77.3 Å². The summed E-state index contributed by atoms with van der Waals surface area (Å²) in [6.07, 6.45) is 0. The lowest BCUT2D eigenvalue weighted by molar-refractivity contribution is 0.102. The number of carbonyl (C=O) groups is 1. The molecule has 0 saturated carbocycles. The van der Waals surface area contributed by atoms with E-state index in [1.165, 1.54) is 18.2 Å². The van der Waals surface area contributed by atoms with E-state index in [-0.39, 0.29) is 34.4 Å². The molecule has 2 aromatic carbocycles. The molecule has 2 aromatic heterocycles. The van der Waals surface area contributed by atoms with Gasteiger partial charge in [-0.2, -0.15) is 0 Å². The van der Waals surface area contributed by atoms with Crippen molar-refractivity contribution in [1.82, 2.24) is 10.2 Å². The van der Waals surface area contributed by atoms with Crippen molar-refractivity contribution in [2.24, 2.45) is 0 Å². The minimum Gasteiger partial charge on any atom is -0.456 e. The second kappa shape index (κ2) is 7.27. The Morgan fingerprint density at radius 1 is 0.897 bits per heavy atom. The molecule has 0 radical (unpaired) electrons. The number of furan rings is 1. The van der Waals surface area contributed by atoms with Crippen molar-refractivity contribution in [1.29, 1.82) is 0 Å². The van der Waals surface area contributed by atoms with Gasteiger partial charge < -0.3 is 14.2 Å². The zero-order valence-corrected chi connectivity index (χ0v) is 14.9. The fraction of sp³-hybridized carbons (Fsp3) is 0.0500. The fourth-order valence-corrected chi connectivity index (χ4v) is 2.62. The predicted octanol–water partition coefficient (Wildman–Crippen LogP) is 4.97. The third-order valence-electron chi connectivity index (χ3n) is 4.03. The largest absolute Gasteiger partial charge is 0.456 e. The van der Waals surface area contributed by atoms with Crippen LogP contribution in [0.3, 0.4) is 0 Å². The number of nitrogens with one attached hydrogen (secondary N) is 1. The van der Waals surface area contributed by atoms with Gasteiger partial charge in [-0.3, -0.25) is 4.79 Å². The van der Waals surface area contributed by atoms with Crippen molar-refractivity contribution >= 4 is 11.6 Å². The highest BCUT2D eigenvalue weighted by Gasteiger charge is 2.20. The molecule has 0 aliphatic carbocycles. The van der Waals surface area contributed by atoms with Crippen molar-refractivity contribution in [3.63, 3.8) is 0 Å². The summed E-state index contributed by atoms with van der Waals surface area (Å²) in [5.41, 5.74) is -0.897. The number of halogens is 3. The Labute approximate surface area is 162 Å². The smallest absolute Gasteiger partial charge is 0.283 e. The maximum absolute atomic E-state index is 14.3. The van der Waals surface area contributed by atoms with E-state index >= 15 is 0 Å². The lowest BCUT2D eigenvalue weighted by Gasteiger charge is -2.09. The lowest BCUT2D eigenvalue weighted by Crippen LogP contribution is -2.15. The molecule has 1 amide bonds. The van der Waals surface area contributed by atoms with Gasteiger partial charge in [-0.25, -0.2) is 13.2 Å². The lowest BCUT2D eigenvalue weighted by atomic mass is 10.1. The van der Waals surface area contributed by atoms with Crippen molar-refractivity contribution in [3.8, 4) is 23.1 Å². The summed E-state index contributed by atoms with van der Waals surface area (Å²) in [5.74, 6) is -3.01. The Hall–Kier alpha value is -3.88. The highest BCUT2D eigenvalue weighted by atomic mass is 19.1. The van der Waals surface area contributed by atoms with Crippen LogP contribution in [0.4, 0.5) is 18.9 Å². The number of aryl methyl sites for hydroxylation is 1. The van der Waals surface area contributed by atoms with E-state index in [1.807, 2.05) is 0 Å². The summed E-state index contributed by atoms with van der Waals surface area (Å²) in [6.45, 7) is 1.73. The summed E-state index contributed by atoms with van der Waals surface area (Å²) in [4.78, 5) is 12.2. The van der Waals surface area contributed by atoms with Crippen molar-refractivity contribution in [2.75, 3.05) is 5.32 Å². The summed E-state index contributed by atoms with van der Waals surface area (Å²) >= 11 is 0. The molecule has 4 rings (SSSR count). The Kier molecular flexibility index (Phi) is 4.63. The SMILES string of the molecule is Cc1ccc(-c2nnc(-c3cc(NC(=O)c4ccccc4F)c(F)cc3F)o2)o1. The summed E-state index contributed by atoms with van der Waals surface area (Å²) in [6, 6.07) is 10.1. The third kappa shape index (κ3) is 3.62. The number of nitrogens with zero attached hydrogens (tertiary/aromatic N) is 2. The first-order valence-electron chi connectivity index (χ1n) is 8.38. The predicted molar refractivity (Wildman–Crippen MR) is 96.4 cm³/mol. The van der Waals surface area contributed by atoms with Gasteiger partial charge in [-0.1, -0.05) is 12.1 Å². The molecule has 0 aliphatic heterocycles. The van der Waals surface area contributed by atoms with Crippen LogP contribution in [0.5, 0.6) is 0 Å². The van der Waals surface area contributed by atoms with E-state index in [0.29, 0.717) is 11.8 Å². The van der Waals surface area contributed by atoms with Crippen molar-refractivity contribution in [2.45, 2.75) is 6.92 Å². The zero-order chi connectivity index (χ0) is 20.5. The molecule has 6 nitrogen and oxygen atoms in total. The topological polar surface area (TPSA) is 81.2 Å². The molecule has 0 aliphatic rings. The summed E-state index contributed by atoms with van der Waals surface area (Å²) in [5, 5.41) is 9.74. The van der Waals surface area contributed by atoms with Gasteiger partial charge in [0.2, 0.25) is 0 Å². The molecule has 0 spiro atoms. The first-order valence-corrected chi connectivity index (χ1v) is 8.38. The van der Waals surface area contributed by atoms with Crippen molar-refractivity contribution < 1.29 is 26.8 Å². The maximum atomic E-state index is 14.3. The molecule has 29 heavy (non-hydrogen) atoms. The number of amides is 1. The van der Waals surface area contributed by atoms with Gasteiger partial charge in [0.25, 0.3) is 17.7 Å². The fourth-order valence-electron chi connectivity index (χ4n) is 2.62. The minimum atomic E-state index is -1.04. The van der Waals surface area contributed by atoms with Crippen LogP contribution >= 0.6 is 0 Å².